The van der Waals surface area contributed by atoms with Crippen LogP contribution in [-0.2, 0) is 0 Å². The molecule has 5 heteroatoms. The summed E-state index contributed by atoms with van der Waals surface area (Å²) in [5.74, 6) is 0.825. The summed E-state index contributed by atoms with van der Waals surface area (Å²) < 4.78 is 6.64. The van der Waals surface area contributed by atoms with Crippen LogP contribution < -0.4 is 4.74 Å². The van der Waals surface area contributed by atoms with E-state index in [9.17, 15) is 0 Å². The van der Waals surface area contributed by atoms with Crippen molar-refractivity contribution >= 4 is 27.5 Å². The monoisotopic (exact) mass is 390 g/mol. The maximum absolute atomic E-state index is 6.24. The Morgan fingerprint density at radius 2 is 1.91 bits per heavy atom. The predicted octanol–water partition coefficient (Wildman–Crippen LogP) is 5.95. The fraction of sp³-hybridized carbons (Fsp3) is 0.167. The minimum Gasteiger partial charge on any atom is -0.490 e. The third-order valence-electron chi connectivity index (χ3n) is 3.33. The summed E-state index contributed by atoms with van der Waals surface area (Å²) in [7, 11) is 0. The molecule has 0 unspecified atom stereocenters. The van der Waals surface area contributed by atoms with Gasteiger partial charge in [-0.1, -0.05) is 29.8 Å². The van der Waals surface area contributed by atoms with Crippen LogP contribution in [0.15, 0.2) is 53.0 Å². The van der Waals surface area contributed by atoms with Gasteiger partial charge in [0.15, 0.2) is 0 Å². The number of aromatic amines is 1. The van der Waals surface area contributed by atoms with Crippen molar-refractivity contribution in [1.82, 2.24) is 10.2 Å². The molecule has 0 radical (unpaired) electrons. The number of hydrogen-bond acceptors (Lipinski definition) is 2. The molecule has 0 saturated heterocycles. The fourth-order valence-corrected chi connectivity index (χ4v) is 3.01. The topological polar surface area (TPSA) is 37.9 Å². The van der Waals surface area contributed by atoms with Crippen LogP contribution in [0.1, 0.15) is 13.8 Å². The first kappa shape index (κ1) is 16.1. The Kier molecular flexibility index (Phi) is 4.74. The molecule has 0 aliphatic carbocycles. The highest BCUT2D eigenvalue weighted by Crippen LogP contribution is 2.33. The first-order valence-corrected chi connectivity index (χ1v) is 8.48. The molecule has 118 valence electrons. The third-order valence-corrected chi connectivity index (χ3v) is 4.28. The Hall–Kier alpha value is -1.78. The summed E-state index contributed by atoms with van der Waals surface area (Å²) in [5, 5.41) is 8.14. The summed E-state index contributed by atoms with van der Waals surface area (Å²) in [6.07, 6.45) is 0.134. The lowest BCUT2D eigenvalue weighted by atomic mass is 10.1. The van der Waals surface area contributed by atoms with Gasteiger partial charge in [0, 0.05) is 16.1 Å². The first-order chi connectivity index (χ1) is 11.0. The van der Waals surface area contributed by atoms with Crippen molar-refractivity contribution in [2.24, 2.45) is 0 Å². The molecule has 0 atom stereocenters. The maximum Gasteiger partial charge on any atom is 0.133 e. The predicted molar refractivity (Wildman–Crippen MR) is 97.9 cm³/mol. The minimum absolute atomic E-state index is 0.134. The number of hydrogen-bond donors (Lipinski definition) is 1. The number of aromatic nitrogens is 2. The number of nitrogens with one attached hydrogen (secondary N) is 1. The summed E-state index contributed by atoms with van der Waals surface area (Å²) in [6.45, 7) is 4.01. The molecule has 1 heterocycles. The molecule has 23 heavy (non-hydrogen) atoms. The van der Waals surface area contributed by atoms with Gasteiger partial charge in [0.1, 0.15) is 5.75 Å². The van der Waals surface area contributed by atoms with Crippen LogP contribution in [0.25, 0.3) is 22.5 Å². The molecule has 0 amide bonds. The molecule has 0 bridgehead atoms. The van der Waals surface area contributed by atoms with Gasteiger partial charge in [-0.05, 0) is 60.1 Å². The number of nitrogens with zero attached hydrogens (tertiary/aromatic N) is 1. The minimum atomic E-state index is 0.134. The van der Waals surface area contributed by atoms with E-state index in [2.05, 4.69) is 26.1 Å². The zero-order valence-electron chi connectivity index (χ0n) is 12.8. The molecule has 0 fully saturated rings. The molecule has 3 aromatic rings. The third kappa shape index (κ3) is 3.59. The Labute approximate surface area is 148 Å². The van der Waals surface area contributed by atoms with Crippen molar-refractivity contribution in [1.29, 1.82) is 0 Å². The van der Waals surface area contributed by atoms with Gasteiger partial charge < -0.3 is 4.74 Å². The van der Waals surface area contributed by atoms with Gasteiger partial charge in [-0.2, -0.15) is 5.10 Å². The number of ether oxygens (including phenoxy) is 1. The van der Waals surface area contributed by atoms with E-state index in [1.807, 2.05) is 62.4 Å². The lowest BCUT2D eigenvalue weighted by Gasteiger charge is -2.11. The van der Waals surface area contributed by atoms with Gasteiger partial charge in [-0.3, -0.25) is 5.10 Å². The van der Waals surface area contributed by atoms with Crippen molar-refractivity contribution in [2.45, 2.75) is 20.0 Å². The lowest BCUT2D eigenvalue weighted by molar-refractivity contribution is 0.241. The van der Waals surface area contributed by atoms with Gasteiger partial charge in [-0.15, -0.1) is 0 Å². The number of rotatable bonds is 4. The van der Waals surface area contributed by atoms with Crippen LogP contribution in [0.2, 0.25) is 5.02 Å². The van der Waals surface area contributed by atoms with E-state index in [0.717, 1.165) is 32.7 Å². The van der Waals surface area contributed by atoms with Crippen molar-refractivity contribution in [3.63, 3.8) is 0 Å². The summed E-state index contributed by atoms with van der Waals surface area (Å²) in [5.41, 5.74) is 3.69. The SMILES string of the molecule is CC(C)Oc1ccc(-c2cc(-c3ccccc3Cl)[nH]n2)cc1Br. The fourth-order valence-electron chi connectivity index (χ4n) is 2.30. The highest BCUT2D eigenvalue weighted by atomic mass is 79.9. The molecule has 1 aromatic heterocycles. The second-order valence-corrected chi connectivity index (χ2v) is 6.72. The smallest absolute Gasteiger partial charge is 0.133 e. The van der Waals surface area contributed by atoms with Crippen LogP contribution in [0.5, 0.6) is 5.75 Å². The van der Waals surface area contributed by atoms with Gasteiger partial charge in [-0.25, -0.2) is 0 Å². The molecular formula is C18H16BrClN2O. The van der Waals surface area contributed by atoms with Gasteiger partial charge in [0.25, 0.3) is 0 Å². The second kappa shape index (κ2) is 6.77. The molecule has 0 aliphatic heterocycles. The van der Waals surface area contributed by atoms with Crippen LogP contribution in [0.3, 0.4) is 0 Å². The summed E-state index contributed by atoms with van der Waals surface area (Å²) in [4.78, 5) is 0. The van der Waals surface area contributed by atoms with Crippen molar-refractivity contribution in [2.75, 3.05) is 0 Å². The second-order valence-electron chi connectivity index (χ2n) is 5.46. The normalized spacial score (nSPS) is 11.0. The first-order valence-electron chi connectivity index (χ1n) is 7.31. The zero-order chi connectivity index (χ0) is 16.4. The molecular weight excluding hydrogens is 376 g/mol. The van der Waals surface area contributed by atoms with Crippen LogP contribution in [-0.4, -0.2) is 16.3 Å². The Bertz CT molecular complexity index is 829. The van der Waals surface area contributed by atoms with E-state index in [0.29, 0.717) is 5.02 Å². The van der Waals surface area contributed by atoms with Crippen LogP contribution in [0, 0.1) is 0 Å². The highest BCUT2D eigenvalue weighted by Gasteiger charge is 2.11. The average molecular weight is 392 g/mol. The van der Waals surface area contributed by atoms with Crippen LogP contribution >= 0.6 is 27.5 Å². The van der Waals surface area contributed by atoms with E-state index in [1.54, 1.807) is 0 Å². The Morgan fingerprint density at radius 3 is 2.61 bits per heavy atom. The number of H-pyrrole nitrogens is 1. The van der Waals surface area contributed by atoms with Crippen LogP contribution in [0.4, 0.5) is 0 Å². The summed E-state index contributed by atoms with van der Waals surface area (Å²) in [6, 6.07) is 15.6. The van der Waals surface area contributed by atoms with E-state index >= 15 is 0 Å². The van der Waals surface area contributed by atoms with Crippen molar-refractivity contribution in [3.05, 3.63) is 58.0 Å². The summed E-state index contributed by atoms with van der Waals surface area (Å²) >= 11 is 9.79. The number of benzene rings is 2. The van der Waals surface area contributed by atoms with E-state index in [-0.39, 0.29) is 6.10 Å². The molecule has 1 N–H and O–H groups in total. The molecule has 3 rings (SSSR count). The standard InChI is InChI=1S/C18H16BrClN2O/c1-11(2)23-18-8-7-12(9-14(18)19)16-10-17(22-21-16)13-5-3-4-6-15(13)20/h3-11H,1-2H3,(H,21,22). The molecule has 0 spiro atoms. The van der Waals surface area contributed by atoms with Gasteiger partial charge in [0.2, 0.25) is 0 Å². The zero-order valence-corrected chi connectivity index (χ0v) is 15.1. The Balaban J connectivity index is 1.92. The molecule has 3 nitrogen and oxygen atoms in total. The van der Waals surface area contributed by atoms with Crippen molar-refractivity contribution < 1.29 is 4.74 Å². The van der Waals surface area contributed by atoms with E-state index in [1.165, 1.54) is 0 Å². The Morgan fingerprint density at radius 1 is 1.13 bits per heavy atom. The van der Waals surface area contributed by atoms with Gasteiger partial charge >= 0.3 is 0 Å². The number of halogens is 2. The molecule has 0 saturated carbocycles. The largest absolute Gasteiger partial charge is 0.490 e. The quantitative estimate of drug-likeness (QED) is 0.597. The average Bonchev–Trinajstić information content (AvgIpc) is 2.99. The van der Waals surface area contributed by atoms with Crippen molar-refractivity contribution in [3.8, 4) is 28.3 Å². The lowest BCUT2D eigenvalue weighted by Crippen LogP contribution is -2.05. The van der Waals surface area contributed by atoms with Gasteiger partial charge in [0.05, 0.1) is 22.0 Å². The molecule has 2 aromatic carbocycles. The van der Waals surface area contributed by atoms with E-state index < -0.39 is 0 Å². The highest BCUT2D eigenvalue weighted by molar-refractivity contribution is 9.10. The van der Waals surface area contributed by atoms with E-state index in [4.69, 9.17) is 16.3 Å². The maximum atomic E-state index is 6.24. The molecule has 0 aliphatic rings.